The quantitative estimate of drug-likeness (QED) is 0.722. The first-order chi connectivity index (χ1) is 9.69. The van der Waals surface area contributed by atoms with Gasteiger partial charge in [0.25, 0.3) is 10.0 Å². The van der Waals surface area contributed by atoms with E-state index in [1.807, 2.05) is 0 Å². The molecule has 0 amide bonds. The lowest BCUT2D eigenvalue weighted by Gasteiger charge is -2.12. The van der Waals surface area contributed by atoms with Crippen molar-refractivity contribution in [2.75, 3.05) is 10.5 Å². The summed E-state index contributed by atoms with van der Waals surface area (Å²) in [4.78, 5) is 8.06. The molecule has 0 spiro atoms. The molecular weight excluding hydrogens is 424 g/mol. The van der Waals surface area contributed by atoms with Crippen molar-refractivity contribution in [2.45, 2.75) is 18.7 Å². The van der Waals surface area contributed by atoms with Crippen molar-refractivity contribution < 1.29 is 8.42 Å². The fourth-order valence-corrected chi connectivity index (χ4v) is 4.82. The minimum Gasteiger partial charge on any atom is -0.398 e. The number of hydrogen-bond donors (Lipinski definition) is 2. The Morgan fingerprint density at radius 2 is 1.67 bits per heavy atom. The zero-order chi connectivity index (χ0) is 15.8. The summed E-state index contributed by atoms with van der Waals surface area (Å²) in [5.41, 5.74) is 7.26. The summed E-state index contributed by atoms with van der Waals surface area (Å²) in [5.74, 6) is 0.0155. The van der Waals surface area contributed by atoms with Crippen LogP contribution in [0.5, 0.6) is 0 Å². The second kappa shape index (κ2) is 5.90. The van der Waals surface area contributed by atoms with Gasteiger partial charge in [0.1, 0.15) is 4.90 Å². The van der Waals surface area contributed by atoms with Crippen molar-refractivity contribution in [3.63, 3.8) is 0 Å². The molecular formula is C12H12Br2N4O2S. The number of nitrogens with one attached hydrogen (secondary N) is 1. The van der Waals surface area contributed by atoms with Crippen LogP contribution in [0.4, 0.5) is 11.6 Å². The minimum absolute atomic E-state index is 0.0155. The zero-order valence-electron chi connectivity index (χ0n) is 11.2. The normalized spacial score (nSPS) is 11.4. The molecule has 21 heavy (non-hydrogen) atoms. The van der Waals surface area contributed by atoms with Crippen molar-refractivity contribution >= 4 is 53.5 Å². The van der Waals surface area contributed by atoms with E-state index in [1.54, 1.807) is 26.0 Å². The molecule has 0 aliphatic heterocycles. The van der Waals surface area contributed by atoms with E-state index >= 15 is 0 Å². The topological polar surface area (TPSA) is 98.0 Å². The van der Waals surface area contributed by atoms with Crippen LogP contribution in [0.3, 0.4) is 0 Å². The first-order valence-electron chi connectivity index (χ1n) is 5.78. The molecule has 1 aromatic heterocycles. The molecule has 0 atom stereocenters. The fraction of sp³-hybridized carbons (Fsp3) is 0.167. The number of hydrogen-bond acceptors (Lipinski definition) is 5. The predicted molar refractivity (Wildman–Crippen MR) is 88.6 cm³/mol. The van der Waals surface area contributed by atoms with Crippen LogP contribution in [0, 0.1) is 13.8 Å². The monoisotopic (exact) mass is 434 g/mol. The summed E-state index contributed by atoms with van der Waals surface area (Å²) in [6, 6.07) is 4.87. The van der Waals surface area contributed by atoms with Gasteiger partial charge in [0.2, 0.25) is 5.95 Å². The van der Waals surface area contributed by atoms with Crippen LogP contribution in [0.25, 0.3) is 0 Å². The third kappa shape index (κ3) is 3.72. The molecule has 3 N–H and O–H groups in total. The van der Waals surface area contributed by atoms with E-state index in [0.29, 0.717) is 20.3 Å². The van der Waals surface area contributed by atoms with Gasteiger partial charge in [0, 0.05) is 20.3 Å². The second-order valence-electron chi connectivity index (χ2n) is 4.39. The maximum Gasteiger partial charge on any atom is 0.267 e. The SMILES string of the molecule is Cc1cc(C)nc(NS(=O)(=O)c2c(N)cc(Br)cc2Br)n1. The Balaban J connectivity index is 2.48. The van der Waals surface area contributed by atoms with Crippen molar-refractivity contribution in [3.05, 3.63) is 38.5 Å². The Kier molecular flexibility index (Phi) is 4.54. The summed E-state index contributed by atoms with van der Waals surface area (Å²) in [6.07, 6.45) is 0. The van der Waals surface area contributed by atoms with Gasteiger partial charge >= 0.3 is 0 Å². The van der Waals surface area contributed by atoms with Crippen molar-refractivity contribution in [3.8, 4) is 0 Å². The largest absolute Gasteiger partial charge is 0.398 e. The van der Waals surface area contributed by atoms with Gasteiger partial charge in [0.15, 0.2) is 0 Å². The third-order valence-electron chi connectivity index (χ3n) is 2.51. The molecule has 9 heteroatoms. The zero-order valence-corrected chi connectivity index (χ0v) is 15.2. The van der Waals surface area contributed by atoms with Gasteiger partial charge in [-0.1, -0.05) is 15.9 Å². The number of nitrogen functional groups attached to an aromatic ring is 1. The average Bonchev–Trinajstić information content (AvgIpc) is 2.23. The highest BCUT2D eigenvalue weighted by Gasteiger charge is 2.23. The van der Waals surface area contributed by atoms with Crippen molar-refractivity contribution in [2.24, 2.45) is 0 Å². The Bertz CT molecular complexity index is 766. The van der Waals surface area contributed by atoms with Gasteiger partial charge in [-0.3, -0.25) is 0 Å². The third-order valence-corrected chi connectivity index (χ3v) is 5.30. The summed E-state index contributed by atoms with van der Waals surface area (Å²) in [6.45, 7) is 3.52. The van der Waals surface area contributed by atoms with Crippen LogP contribution in [0.2, 0.25) is 0 Å². The Labute approximate surface area is 139 Å². The second-order valence-corrected chi connectivity index (χ2v) is 7.78. The molecule has 2 aromatic rings. The van der Waals surface area contributed by atoms with E-state index in [2.05, 4.69) is 46.5 Å². The molecule has 1 heterocycles. The lowest BCUT2D eigenvalue weighted by Crippen LogP contribution is -2.17. The first kappa shape index (κ1) is 16.2. The Morgan fingerprint density at radius 1 is 1.10 bits per heavy atom. The van der Waals surface area contributed by atoms with E-state index in [1.165, 1.54) is 6.07 Å². The highest BCUT2D eigenvalue weighted by atomic mass is 79.9. The van der Waals surface area contributed by atoms with Crippen LogP contribution in [0.15, 0.2) is 32.0 Å². The van der Waals surface area contributed by atoms with Gasteiger partial charge in [-0.2, -0.15) is 0 Å². The van der Waals surface area contributed by atoms with E-state index in [9.17, 15) is 8.42 Å². The van der Waals surface area contributed by atoms with E-state index in [-0.39, 0.29) is 16.5 Å². The maximum atomic E-state index is 12.5. The molecule has 2 rings (SSSR count). The number of benzene rings is 1. The summed E-state index contributed by atoms with van der Waals surface area (Å²) in [5, 5.41) is 0. The molecule has 0 unspecified atom stereocenters. The predicted octanol–water partition coefficient (Wildman–Crippen LogP) is 3.00. The lowest BCUT2D eigenvalue weighted by atomic mass is 10.3. The number of nitrogens with two attached hydrogens (primary N) is 1. The van der Waals surface area contributed by atoms with Gasteiger partial charge in [-0.05, 0) is 48.0 Å². The Morgan fingerprint density at radius 3 is 2.19 bits per heavy atom. The van der Waals surface area contributed by atoms with Gasteiger partial charge < -0.3 is 5.73 Å². The van der Waals surface area contributed by atoms with E-state index in [0.717, 1.165) is 0 Å². The number of aryl methyl sites for hydroxylation is 2. The van der Waals surface area contributed by atoms with Gasteiger partial charge in [-0.25, -0.2) is 23.1 Å². The standard InChI is InChI=1S/C12H12Br2N4O2S/c1-6-3-7(2)17-12(16-6)18-21(19,20)11-9(14)4-8(13)5-10(11)15/h3-5H,15H2,1-2H3,(H,16,17,18). The molecule has 0 aliphatic rings. The Hall–Kier alpha value is -1.19. The number of anilines is 2. The minimum atomic E-state index is -3.89. The number of sulfonamides is 1. The van der Waals surface area contributed by atoms with Crippen LogP contribution in [-0.2, 0) is 10.0 Å². The van der Waals surface area contributed by atoms with Crippen molar-refractivity contribution in [1.82, 2.24) is 9.97 Å². The number of rotatable bonds is 3. The molecule has 0 radical (unpaired) electrons. The average molecular weight is 436 g/mol. The van der Waals surface area contributed by atoms with Crippen molar-refractivity contribution in [1.29, 1.82) is 0 Å². The number of aromatic nitrogens is 2. The summed E-state index contributed by atoms with van der Waals surface area (Å²) >= 11 is 6.46. The van der Waals surface area contributed by atoms with Crippen LogP contribution >= 0.6 is 31.9 Å². The fourth-order valence-electron chi connectivity index (χ4n) is 1.81. The van der Waals surface area contributed by atoms with Crippen LogP contribution in [-0.4, -0.2) is 18.4 Å². The molecule has 0 saturated heterocycles. The first-order valence-corrected chi connectivity index (χ1v) is 8.85. The number of halogens is 2. The van der Waals surface area contributed by atoms with Crippen LogP contribution in [0.1, 0.15) is 11.4 Å². The smallest absolute Gasteiger partial charge is 0.267 e. The summed E-state index contributed by atoms with van der Waals surface area (Å²) < 4.78 is 28.3. The van der Waals surface area contributed by atoms with Gasteiger partial charge in [-0.15, -0.1) is 0 Å². The lowest BCUT2D eigenvalue weighted by molar-refractivity contribution is 0.600. The molecule has 0 saturated carbocycles. The van der Waals surface area contributed by atoms with Gasteiger partial charge in [0.05, 0.1) is 5.69 Å². The highest BCUT2D eigenvalue weighted by molar-refractivity contribution is 9.11. The molecule has 112 valence electrons. The summed E-state index contributed by atoms with van der Waals surface area (Å²) in [7, 11) is -3.89. The van der Waals surface area contributed by atoms with E-state index < -0.39 is 10.0 Å². The molecule has 0 aliphatic carbocycles. The molecule has 1 aromatic carbocycles. The van der Waals surface area contributed by atoms with Crippen LogP contribution < -0.4 is 10.5 Å². The maximum absolute atomic E-state index is 12.5. The molecule has 0 bridgehead atoms. The molecule has 6 nitrogen and oxygen atoms in total. The molecule has 0 fully saturated rings. The number of nitrogens with zero attached hydrogens (tertiary/aromatic N) is 2. The highest BCUT2D eigenvalue weighted by Crippen LogP contribution is 2.32. The van der Waals surface area contributed by atoms with E-state index in [4.69, 9.17) is 5.73 Å².